The number of alkyl halides is 3. The summed E-state index contributed by atoms with van der Waals surface area (Å²) in [7, 11) is 0. The van der Waals surface area contributed by atoms with Gasteiger partial charge >= 0.3 is 6.18 Å². The predicted molar refractivity (Wildman–Crippen MR) is 96.7 cm³/mol. The lowest BCUT2D eigenvalue weighted by Crippen LogP contribution is -2.44. The van der Waals surface area contributed by atoms with E-state index in [-0.39, 0.29) is 30.4 Å². The van der Waals surface area contributed by atoms with Crippen molar-refractivity contribution < 1.29 is 17.9 Å². The van der Waals surface area contributed by atoms with Gasteiger partial charge in [0.05, 0.1) is 6.20 Å². The molecule has 0 bridgehead atoms. The Bertz CT molecular complexity index is 901. The molecule has 0 spiro atoms. The first kappa shape index (κ1) is 19.2. The number of hydrogen-bond acceptors (Lipinski definition) is 5. The van der Waals surface area contributed by atoms with Crippen LogP contribution in [0.4, 0.5) is 19.1 Å². The van der Waals surface area contributed by atoms with Gasteiger partial charge in [-0.2, -0.15) is 13.2 Å². The molecule has 0 aromatic carbocycles. The molecule has 0 amide bonds. The van der Waals surface area contributed by atoms with Gasteiger partial charge in [0, 0.05) is 45.2 Å². The Kier molecular flexibility index (Phi) is 5.07. The number of imidazole rings is 1. The van der Waals surface area contributed by atoms with Crippen molar-refractivity contribution in [3.05, 3.63) is 22.4 Å². The molecule has 1 unspecified atom stereocenters. The molecule has 0 saturated carbocycles. The first-order valence-electron chi connectivity index (χ1n) is 9.71. The molecule has 0 N–H and O–H groups in total. The third kappa shape index (κ3) is 3.74. The number of fused-ring (bicyclic) bond motifs is 2. The van der Waals surface area contributed by atoms with Gasteiger partial charge in [0.15, 0.2) is 5.52 Å². The predicted octanol–water partition coefficient (Wildman–Crippen LogP) is 2.58. The maximum Gasteiger partial charge on any atom is 0.389 e. The van der Waals surface area contributed by atoms with E-state index in [0.717, 1.165) is 18.7 Å². The van der Waals surface area contributed by atoms with Crippen LogP contribution in [0.1, 0.15) is 44.3 Å². The Morgan fingerprint density at radius 1 is 1.25 bits per heavy atom. The van der Waals surface area contributed by atoms with Crippen LogP contribution in [0.3, 0.4) is 0 Å². The number of rotatable bonds is 4. The molecular formula is C18H24F3N5O2. The average Bonchev–Trinajstić information content (AvgIpc) is 3.07. The molecule has 0 radical (unpaired) electrons. The SMILES string of the molecule is CC1CN(CCCC(F)(F)F)c2nn3c(C4CCOCC4)ncc3c(=O)n2C1. The van der Waals surface area contributed by atoms with E-state index in [9.17, 15) is 18.0 Å². The fraction of sp³-hybridized carbons (Fsp3) is 0.722. The molecule has 2 aliphatic rings. The number of anilines is 1. The van der Waals surface area contributed by atoms with Gasteiger partial charge < -0.3 is 9.64 Å². The third-order valence-electron chi connectivity index (χ3n) is 5.44. The van der Waals surface area contributed by atoms with E-state index in [1.165, 1.54) is 0 Å². The highest BCUT2D eigenvalue weighted by atomic mass is 19.4. The van der Waals surface area contributed by atoms with Crippen molar-refractivity contribution in [3.63, 3.8) is 0 Å². The first-order chi connectivity index (χ1) is 13.3. The van der Waals surface area contributed by atoms with Crippen molar-refractivity contribution in [2.75, 3.05) is 31.2 Å². The second-order valence-corrected chi connectivity index (χ2v) is 7.79. The van der Waals surface area contributed by atoms with Crippen LogP contribution < -0.4 is 10.5 Å². The highest BCUT2D eigenvalue weighted by Crippen LogP contribution is 2.28. The van der Waals surface area contributed by atoms with Gasteiger partial charge in [-0.05, 0) is 25.2 Å². The smallest absolute Gasteiger partial charge is 0.381 e. The summed E-state index contributed by atoms with van der Waals surface area (Å²) in [5.74, 6) is 1.47. The zero-order valence-corrected chi connectivity index (χ0v) is 15.8. The fourth-order valence-corrected chi connectivity index (χ4v) is 4.11. The van der Waals surface area contributed by atoms with E-state index in [4.69, 9.17) is 4.74 Å². The highest BCUT2D eigenvalue weighted by molar-refractivity contribution is 5.47. The summed E-state index contributed by atoms with van der Waals surface area (Å²) < 4.78 is 46.3. The lowest BCUT2D eigenvalue weighted by molar-refractivity contribution is -0.135. The molecule has 10 heteroatoms. The Hall–Kier alpha value is -2.10. The highest BCUT2D eigenvalue weighted by Gasteiger charge is 2.30. The van der Waals surface area contributed by atoms with Crippen LogP contribution in [0.2, 0.25) is 0 Å². The Labute approximate surface area is 160 Å². The van der Waals surface area contributed by atoms with Gasteiger partial charge in [-0.25, -0.2) is 9.50 Å². The number of ether oxygens (including phenoxy) is 1. The van der Waals surface area contributed by atoms with Gasteiger partial charge in [0.2, 0.25) is 5.95 Å². The van der Waals surface area contributed by atoms with Crippen LogP contribution in [0.5, 0.6) is 0 Å². The molecule has 2 aliphatic heterocycles. The van der Waals surface area contributed by atoms with Gasteiger partial charge in [-0.3, -0.25) is 9.36 Å². The maximum atomic E-state index is 13.0. The molecule has 1 saturated heterocycles. The molecule has 1 fully saturated rings. The van der Waals surface area contributed by atoms with Crippen LogP contribution in [-0.2, 0) is 11.3 Å². The van der Waals surface area contributed by atoms with Gasteiger partial charge in [-0.15, -0.1) is 5.10 Å². The molecule has 2 aromatic rings. The quantitative estimate of drug-likeness (QED) is 0.791. The summed E-state index contributed by atoms with van der Waals surface area (Å²) in [5.41, 5.74) is 0.220. The Balaban J connectivity index is 1.70. The number of nitrogens with zero attached hydrogens (tertiary/aromatic N) is 5. The Morgan fingerprint density at radius 3 is 2.71 bits per heavy atom. The van der Waals surface area contributed by atoms with E-state index in [1.807, 2.05) is 6.92 Å². The van der Waals surface area contributed by atoms with Crippen molar-refractivity contribution in [1.29, 1.82) is 0 Å². The van der Waals surface area contributed by atoms with Crippen molar-refractivity contribution in [3.8, 4) is 0 Å². The molecule has 4 heterocycles. The topological polar surface area (TPSA) is 64.7 Å². The summed E-state index contributed by atoms with van der Waals surface area (Å²) in [6, 6.07) is 0. The fourth-order valence-electron chi connectivity index (χ4n) is 4.11. The molecule has 1 atom stereocenters. The monoisotopic (exact) mass is 399 g/mol. The minimum absolute atomic E-state index is 0.0269. The summed E-state index contributed by atoms with van der Waals surface area (Å²) in [5, 5.41) is 4.66. The van der Waals surface area contributed by atoms with Crippen molar-refractivity contribution in [2.45, 2.75) is 51.2 Å². The second kappa shape index (κ2) is 7.38. The van der Waals surface area contributed by atoms with Crippen LogP contribution >= 0.6 is 0 Å². The van der Waals surface area contributed by atoms with Crippen molar-refractivity contribution in [1.82, 2.24) is 19.2 Å². The summed E-state index contributed by atoms with van der Waals surface area (Å²) in [6.07, 6.45) is -1.87. The standard InChI is InChI=1S/C18H24F3N5O2/c1-12-10-24(6-2-5-18(19,20)21)17-23-26-14(16(27)25(17)11-12)9-22-15(26)13-3-7-28-8-4-13/h9,12-13H,2-8,10-11H2,1H3. The Morgan fingerprint density at radius 2 is 2.00 bits per heavy atom. The van der Waals surface area contributed by atoms with Crippen LogP contribution in [-0.4, -0.2) is 51.6 Å². The zero-order chi connectivity index (χ0) is 19.9. The second-order valence-electron chi connectivity index (χ2n) is 7.79. The van der Waals surface area contributed by atoms with Crippen molar-refractivity contribution >= 4 is 11.5 Å². The molecule has 154 valence electrons. The summed E-state index contributed by atoms with van der Waals surface area (Å²) in [6.45, 7) is 4.57. The van der Waals surface area contributed by atoms with Gasteiger partial charge in [-0.1, -0.05) is 6.92 Å². The largest absolute Gasteiger partial charge is 0.389 e. The molecule has 0 aliphatic carbocycles. The number of aromatic nitrogens is 4. The van der Waals surface area contributed by atoms with Gasteiger partial charge in [0.25, 0.3) is 5.56 Å². The zero-order valence-electron chi connectivity index (χ0n) is 15.8. The average molecular weight is 399 g/mol. The van der Waals surface area contributed by atoms with E-state index >= 15 is 0 Å². The minimum Gasteiger partial charge on any atom is -0.381 e. The molecule has 2 aromatic heterocycles. The minimum atomic E-state index is -4.18. The van der Waals surface area contributed by atoms with E-state index in [1.54, 1.807) is 20.2 Å². The molecule has 7 nitrogen and oxygen atoms in total. The summed E-state index contributed by atoms with van der Waals surface area (Å²) in [4.78, 5) is 19.3. The lowest BCUT2D eigenvalue weighted by atomic mass is 10.00. The molecule has 4 rings (SSSR count). The lowest BCUT2D eigenvalue weighted by Gasteiger charge is -2.34. The molecular weight excluding hydrogens is 375 g/mol. The normalized spacial score (nSPS) is 21.3. The summed E-state index contributed by atoms with van der Waals surface area (Å²) >= 11 is 0. The number of hydrogen-bond donors (Lipinski definition) is 0. The van der Waals surface area contributed by atoms with Gasteiger partial charge in [0.1, 0.15) is 5.82 Å². The maximum absolute atomic E-state index is 13.0. The number of halogens is 3. The van der Waals surface area contributed by atoms with E-state index < -0.39 is 12.6 Å². The first-order valence-corrected chi connectivity index (χ1v) is 9.71. The van der Waals surface area contributed by atoms with Crippen molar-refractivity contribution in [2.24, 2.45) is 5.92 Å². The van der Waals surface area contributed by atoms with E-state index in [2.05, 4.69) is 10.1 Å². The van der Waals surface area contributed by atoms with Crippen LogP contribution in [0.15, 0.2) is 11.0 Å². The third-order valence-corrected chi connectivity index (χ3v) is 5.44. The van der Waals surface area contributed by atoms with Crippen LogP contribution in [0.25, 0.3) is 5.52 Å². The molecule has 28 heavy (non-hydrogen) atoms. The van der Waals surface area contributed by atoms with Crippen LogP contribution in [0, 0.1) is 5.92 Å². The van der Waals surface area contributed by atoms with E-state index in [0.29, 0.717) is 37.8 Å².